The smallest absolute Gasteiger partial charge is 0.326 e. The molecule has 0 aliphatic carbocycles. The summed E-state index contributed by atoms with van der Waals surface area (Å²) in [6, 6.07) is 11.5. The molecule has 1 heterocycles. The zero-order valence-electron chi connectivity index (χ0n) is 17.0. The summed E-state index contributed by atoms with van der Waals surface area (Å²) < 4.78 is 78.5. The summed E-state index contributed by atoms with van der Waals surface area (Å²) in [5.41, 5.74) is -0.347. The van der Waals surface area contributed by atoms with E-state index >= 15 is 0 Å². The number of aromatic nitrogens is 1. The third-order valence-corrected chi connectivity index (χ3v) is 4.89. The van der Waals surface area contributed by atoms with Crippen LogP contribution in [-0.4, -0.2) is 10.9 Å². The Bertz CT molecular complexity index is 1090. The Morgan fingerprint density at radius 3 is 1.91 bits per heavy atom. The highest BCUT2D eigenvalue weighted by Crippen LogP contribution is 2.38. The number of alkyl halides is 6. The second kappa shape index (κ2) is 8.64. The predicted octanol–water partition coefficient (Wildman–Crippen LogP) is 6.84. The minimum Gasteiger partial charge on any atom is -0.326 e. The van der Waals surface area contributed by atoms with Gasteiger partial charge in [-0.15, -0.1) is 0 Å². The Morgan fingerprint density at radius 1 is 0.844 bits per heavy atom. The van der Waals surface area contributed by atoms with E-state index in [-0.39, 0.29) is 11.6 Å². The van der Waals surface area contributed by atoms with Gasteiger partial charge in [-0.3, -0.25) is 9.78 Å². The van der Waals surface area contributed by atoms with Crippen molar-refractivity contribution in [3.8, 4) is 11.1 Å². The molecule has 168 valence electrons. The Kier molecular flexibility index (Phi) is 6.29. The van der Waals surface area contributed by atoms with Crippen molar-refractivity contribution in [3.05, 3.63) is 83.2 Å². The summed E-state index contributed by atoms with van der Waals surface area (Å²) in [5.74, 6) is -1.98. The van der Waals surface area contributed by atoms with Crippen molar-refractivity contribution in [2.45, 2.75) is 32.1 Å². The first-order valence-corrected chi connectivity index (χ1v) is 9.48. The summed E-state index contributed by atoms with van der Waals surface area (Å²) in [6.45, 7) is 3.09. The molecule has 1 aromatic heterocycles. The maximum Gasteiger partial charge on any atom is 0.416 e. The number of nitrogens with zero attached hydrogens (tertiary/aromatic N) is 1. The van der Waals surface area contributed by atoms with Crippen LogP contribution >= 0.6 is 0 Å². The highest BCUT2D eigenvalue weighted by atomic mass is 19.4. The van der Waals surface area contributed by atoms with E-state index in [0.29, 0.717) is 17.8 Å². The number of anilines is 1. The van der Waals surface area contributed by atoms with Crippen LogP contribution in [-0.2, 0) is 17.1 Å². The van der Waals surface area contributed by atoms with Crippen LogP contribution in [0.25, 0.3) is 11.1 Å². The van der Waals surface area contributed by atoms with E-state index in [0.717, 1.165) is 16.8 Å². The molecule has 3 rings (SSSR count). The number of nitrogens with one attached hydrogen (secondary N) is 1. The number of carbonyl (C=O) groups excluding carboxylic acids is 1. The van der Waals surface area contributed by atoms with Gasteiger partial charge in [-0.1, -0.05) is 12.1 Å². The zero-order chi connectivity index (χ0) is 23.7. The third-order valence-electron chi connectivity index (χ3n) is 4.89. The first-order chi connectivity index (χ1) is 14.8. The molecule has 1 N–H and O–H groups in total. The van der Waals surface area contributed by atoms with Gasteiger partial charge in [0.2, 0.25) is 5.91 Å². The molecule has 1 atom stereocenters. The van der Waals surface area contributed by atoms with Crippen molar-refractivity contribution in [1.29, 1.82) is 0 Å². The number of carbonyl (C=O) groups is 1. The fourth-order valence-electron chi connectivity index (χ4n) is 3.10. The van der Waals surface area contributed by atoms with Gasteiger partial charge in [0.25, 0.3) is 0 Å². The number of amides is 1. The Labute approximate surface area is 180 Å². The number of aryl methyl sites for hydroxylation is 1. The minimum absolute atomic E-state index is 0.0354. The molecule has 2 aromatic carbocycles. The van der Waals surface area contributed by atoms with Crippen LogP contribution in [0.1, 0.15) is 35.2 Å². The predicted molar refractivity (Wildman–Crippen MR) is 108 cm³/mol. The molecule has 1 amide bonds. The van der Waals surface area contributed by atoms with Gasteiger partial charge in [0.05, 0.1) is 17.0 Å². The number of hydrogen-bond acceptors (Lipinski definition) is 2. The van der Waals surface area contributed by atoms with E-state index in [9.17, 15) is 31.1 Å². The maximum atomic E-state index is 13.1. The molecule has 32 heavy (non-hydrogen) atoms. The number of pyridine rings is 1. The Morgan fingerprint density at radius 2 is 1.41 bits per heavy atom. The first-order valence-electron chi connectivity index (χ1n) is 9.48. The largest absolute Gasteiger partial charge is 0.416 e. The second-order valence-electron chi connectivity index (χ2n) is 7.31. The molecule has 9 heteroatoms. The van der Waals surface area contributed by atoms with Crippen molar-refractivity contribution >= 4 is 11.6 Å². The van der Waals surface area contributed by atoms with Crippen molar-refractivity contribution in [2.75, 3.05) is 5.32 Å². The maximum absolute atomic E-state index is 13.1. The molecule has 0 saturated heterocycles. The first kappa shape index (κ1) is 23.3. The molecule has 3 nitrogen and oxygen atoms in total. The van der Waals surface area contributed by atoms with Gasteiger partial charge in [-0.05, 0) is 73.0 Å². The van der Waals surface area contributed by atoms with Crippen molar-refractivity contribution in [3.63, 3.8) is 0 Å². The average molecular weight is 452 g/mol. The van der Waals surface area contributed by atoms with Crippen LogP contribution in [0.4, 0.5) is 32.0 Å². The fourth-order valence-corrected chi connectivity index (χ4v) is 3.10. The van der Waals surface area contributed by atoms with Crippen LogP contribution < -0.4 is 5.32 Å². The topological polar surface area (TPSA) is 42.0 Å². The summed E-state index contributed by atoms with van der Waals surface area (Å²) in [7, 11) is 0. The molecule has 0 bridgehead atoms. The van der Waals surface area contributed by atoms with Gasteiger partial charge in [0.15, 0.2) is 0 Å². The third kappa shape index (κ3) is 5.46. The summed E-state index contributed by atoms with van der Waals surface area (Å²) >= 11 is 0. The number of rotatable bonds is 4. The van der Waals surface area contributed by atoms with Crippen molar-refractivity contribution in [1.82, 2.24) is 4.98 Å². The van der Waals surface area contributed by atoms with E-state index in [1.54, 1.807) is 30.5 Å². The molecule has 0 aliphatic heterocycles. The monoisotopic (exact) mass is 452 g/mol. The molecule has 0 spiro atoms. The number of hydrogen-bond donors (Lipinski definition) is 1. The van der Waals surface area contributed by atoms with Crippen molar-refractivity contribution in [2.24, 2.45) is 0 Å². The summed E-state index contributed by atoms with van der Waals surface area (Å²) in [6.07, 6.45) is -8.30. The van der Waals surface area contributed by atoms with Crippen LogP contribution in [0.3, 0.4) is 0 Å². The molecule has 3 aromatic rings. The van der Waals surface area contributed by atoms with E-state index in [2.05, 4.69) is 10.3 Å². The lowest BCUT2D eigenvalue weighted by Gasteiger charge is -2.18. The molecule has 0 fully saturated rings. The Balaban J connectivity index is 1.82. The van der Waals surface area contributed by atoms with Gasteiger partial charge < -0.3 is 5.32 Å². The van der Waals surface area contributed by atoms with E-state index in [4.69, 9.17) is 0 Å². The van der Waals surface area contributed by atoms with Crippen molar-refractivity contribution < 1.29 is 31.1 Å². The minimum atomic E-state index is -4.98. The van der Waals surface area contributed by atoms with Gasteiger partial charge >= 0.3 is 12.4 Å². The number of halogens is 6. The van der Waals surface area contributed by atoms with E-state index < -0.39 is 35.3 Å². The SMILES string of the molecule is Cc1cc(-c2ccc(NC(=O)[C@@H](C)c3cc(C(F)(F)F)cc(C(F)(F)F)c3)cc2)ccn1. The van der Waals surface area contributed by atoms with Gasteiger partial charge in [0.1, 0.15) is 0 Å². The lowest BCUT2D eigenvalue weighted by Crippen LogP contribution is -2.20. The quantitative estimate of drug-likeness (QED) is 0.441. The van der Waals surface area contributed by atoms with Crippen LogP contribution in [0.15, 0.2) is 60.8 Å². The standard InChI is InChI=1S/C23H18F6N2O/c1-13-9-16(7-8-30-13)15-3-5-20(6-4-15)31-21(32)14(2)17-10-18(22(24,25)26)12-19(11-17)23(27,28)29/h3-12,14H,1-2H3,(H,31,32)/t14-/m0/s1. The second-order valence-corrected chi connectivity index (χ2v) is 7.31. The molecular formula is C23H18F6N2O. The average Bonchev–Trinajstić information content (AvgIpc) is 2.72. The normalized spacial score (nSPS) is 13.0. The van der Waals surface area contributed by atoms with Gasteiger partial charge in [-0.25, -0.2) is 0 Å². The van der Waals surface area contributed by atoms with E-state index in [1.807, 2.05) is 19.1 Å². The molecule has 0 unspecified atom stereocenters. The van der Waals surface area contributed by atoms with Gasteiger partial charge in [0, 0.05) is 17.6 Å². The zero-order valence-corrected chi connectivity index (χ0v) is 17.0. The highest BCUT2D eigenvalue weighted by molar-refractivity contribution is 5.95. The lowest BCUT2D eigenvalue weighted by atomic mass is 9.95. The Hall–Kier alpha value is -3.36. The van der Waals surface area contributed by atoms with Gasteiger partial charge in [-0.2, -0.15) is 26.3 Å². The molecular weight excluding hydrogens is 434 g/mol. The van der Waals surface area contributed by atoms with Crippen LogP contribution in [0, 0.1) is 6.92 Å². The highest BCUT2D eigenvalue weighted by Gasteiger charge is 2.37. The molecule has 0 radical (unpaired) electrons. The summed E-state index contributed by atoms with van der Waals surface area (Å²) in [4.78, 5) is 16.7. The lowest BCUT2D eigenvalue weighted by molar-refractivity contribution is -0.143. The van der Waals surface area contributed by atoms with Crippen LogP contribution in [0.5, 0.6) is 0 Å². The molecule has 0 saturated carbocycles. The molecule has 0 aliphatic rings. The fraction of sp³-hybridized carbons (Fsp3) is 0.217. The van der Waals surface area contributed by atoms with Crippen LogP contribution in [0.2, 0.25) is 0 Å². The summed E-state index contributed by atoms with van der Waals surface area (Å²) in [5, 5.41) is 2.53. The number of benzene rings is 2. The van der Waals surface area contributed by atoms with E-state index in [1.165, 1.54) is 6.92 Å².